The van der Waals surface area contributed by atoms with Crippen LogP contribution in [0.2, 0.25) is 0 Å². The Morgan fingerprint density at radius 1 is 1.12 bits per heavy atom. The van der Waals surface area contributed by atoms with Gasteiger partial charge >= 0.3 is 0 Å². The van der Waals surface area contributed by atoms with Crippen LogP contribution in [-0.4, -0.2) is 15.6 Å². The Hall–Kier alpha value is -2.30. The van der Waals surface area contributed by atoms with Crippen LogP contribution in [0.25, 0.3) is 11.0 Å². The number of carbonyl (C=O) groups is 1. The van der Waals surface area contributed by atoms with Gasteiger partial charge in [-0.2, -0.15) is 0 Å². The molecule has 1 heterocycles. The first kappa shape index (κ1) is 18.5. The van der Waals surface area contributed by atoms with E-state index in [2.05, 4.69) is 0 Å². The zero-order valence-corrected chi connectivity index (χ0v) is 15.6. The molecule has 0 bridgehead atoms. The van der Waals surface area contributed by atoms with Gasteiger partial charge in [0.15, 0.2) is 10.3 Å². The number of amides is 1. The summed E-state index contributed by atoms with van der Waals surface area (Å²) >= 11 is 11.6. The molecule has 6 heteroatoms. The largest absolute Gasteiger partial charge is 0.464 e. The summed E-state index contributed by atoms with van der Waals surface area (Å²) < 4.78 is 5.57. The molecule has 1 amide bonds. The maximum Gasteiger partial charge on any atom is 0.256 e. The molecule has 0 radical (unpaired) electrons. The van der Waals surface area contributed by atoms with Crippen molar-refractivity contribution in [3.05, 3.63) is 81.7 Å². The topological polar surface area (TPSA) is 50.5 Å². The minimum absolute atomic E-state index is 0.0654. The van der Waals surface area contributed by atoms with Gasteiger partial charge in [-0.3, -0.25) is 9.59 Å². The second-order valence-electron chi connectivity index (χ2n) is 6.07. The summed E-state index contributed by atoms with van der Waals surface area (Å²) in [6.45, 7) is 2.26. The standard InChI is InChI=1S/C20H17Cl2NO3/c1-13-7-8-17-16(9-13)18(24)15(12-26-17)11-23(20(25)19(21)22)10-14-5-3-2-4-6-14/h2-9,12,19H,10-11H2,1H3. The first-order chi connectivity index (χ1) is 12.5. The molecule has 26 heavy (non-hydrogen) atoms. The summed E-state index contributed by atoms with van der Waals surface area (Å²) in [5, 5.41) is 0.489. The Balaban J connectivity index is 1.96. The Labute approximate surface area is 160 Å². The molecule has 3 rings (SSSR count). The van der Waals surface area contributed by atoms with Crippen molar-refractivity contribution >= 4 is 40.1 Å². The summed E-state index contributed by atoms with van der Waals surface area (Å²) in [5.74, 6) is -0.457. The number of nitrogens with zero attached hydrogens (tertiary/aromatic N) is 1. The van der Waals surface area contributed by atoms with Crippen molar-refractivity contribution in [2.45, 2.75) is 24.8 Å². The molecule has 0 aliphatic heterocycles. The molecule has 134 valence electrons. The van der Waals surface area contributed by atoms with E-state index in [1.54, 1.807) is 12.1 Å². The van der Waals surface area contributed by atoms with E-state index in [1.165, 1.54) is 11.2 Å². The van der Waals surface area contributed by atoms with Gasteiger partial charge in [0.2, 0.25) is 0 Å². The molecule has 0 saturated heterocycles. The van der Waals surface area contributed by atoms with Crippen molar-refractivity contribution in [1.29, 1.82) is 0 Å². The normalized spacial score (nSPS) is 11.1. The zero-order valence-electron chi connectivity index (χ0n) is 14.1. The first-order valence-corrected chi connectivity index (χ1v) is 8.95. The van der Waals surface area contributed by atoms with Gasteiger partial charge in [-0.05, 0) is 24.6 Å². The minimum Gasteiger partial charge on any atom is -0.464 e. The van der Waals surface area contributed by atoms with Crippen molar-refractivity contribution in [3.63, 3.8) is 0 Å². The van der Waals surface area contributed by atoms with Crippen molar-refractivity contribution in [2.24, 2.45) is 0 Å². The van der Waals surface area contributed by atoms with Crippen LogP contribution < -0.4 is 5.43 Å². The zero-order chi connectivity index (χ0) is 18.7. The third-order valence-electron chi connectivity index (χ3n) is 4.08. The highest BCUT2D eigenvalue weighted by Gasteiger charge is 2.22. The molecule has 0 saturated carbocycles. The summed E-state index contributed by atoms with van der Waals surface area (Å²) in [4.78, 5) is 25.5. The van der Waals surface area contributed by atoms with E-state index in [9.17, 15) is 9.59 Å². The highest BCUT2D eigenvalue weighted by molar-refractivity contribution is 6.53. The molecule has 2 aromatic carbocycles. The molecule has 1 aromatic heterocycles. The van der Waals surface area contributed by atoms with Crippen molar-refractivity contribution < 1.29 is 9.21 Å². The van der Waals surface area contributed by atoms with Crippen molar-refractivity contribution in [1.82, 2.24) is 4.90 Å². The number of alkyl halides is 2. The Morgan fingerprint density at radius 3 is 2.54 bits per heavy atom. The van der Waals surface area contributed by atoms with Crippen LogP contribution >= 0.6 is 23.2 Å². The molecule has 0 aliphatic carbocycles. The number of fused-ring (bicyclic) bond motifs is 1. The lowest BCUT2D eigenvalue weighted by molar-refractivity contribution is -0.130. The van der Waals surface area contributed by atoms with Gasteiger partial charge in [0.05, 0.1) is 23.8 Å². The fourth-order valence-electron chi connectivity index (χ4n) is 2.75. The van der Waals surface area contributed by atoms with E-state index in [0.717, 1.165) is 11.1 Å². The number of hydrogen-bond donors (Lipinski definition) is 0. The molecule has 0 unspecified atom stereocenters. The van der Waals surface area contributed by atoms with E-state index < -0.39 is 10.7 Å². The Kier molecular flexibility index (Phi) is 5.64. The molecule has 0 atom stereocenters. The number of benzene rings is 2. The molecule has 3 aromatic rings. The molecule has 0 aliphatic rings. The van der Waals surface area contributed by atoms with Crippen LogP contribution in [0.3, 0.4) is 0 Å². The second-order valence-corrected chi connectivity index (χ2v) is 7.17. The van der Waals surface area contributed by atoms with Crippen LogP contribution in [0.15, 0.2) is 64.0 Å². The average molecular weight is 390 g/mol. The van der Waals surface area contributed by atoms with Gasteiger partial charge in [0, 0.05) is 6.54 Å². The lowest BCUT2D eigenvalue weighted by atomic mass is 10.1. The minimum atomic E-state index is -1.20. The highest BCUT2D eigenvalue weighted by atomic mass is 35.5. The van der Waals surface area contributed by atoms with Crippen LogP contribution in [0.5, 0.6) is 0 Å². The van der Waals surface area contributed by atoms with E-state index in [1.807, 2.05) is 43.3 Å². The van der Waals surface area contributed by atoms with E-state index in [0.29, 0.717) is 23.1 Å². The van der Waals surface area contributed by atoms with Crippen LogP contribution in [0, 0.1) is 6.92 Å². The maximum absolute atomic E-state index is 12.8. The summed E-state index contributed by atoms with van der Waals surface area (Å²) in [6, 6.07) is 14.8. The summed E-state index contributed by atoms with van der Waals surface area (Å²) in [5.41, 5.74) is 2.59. The van der Waals surface area contributed by atoms with Gasteiger partial charge in [-0.1, -0.05) is 65.2 Å². The van der Waals surface area contributed by atoms with Gasteiger partial charge in [0.1, 0.15) is 5.58 Å². The lowest BCUT2D eigenvalue weighted by Gasteiger charge is -2.23. The second kappa shape index (κ2) is 7.94. The van der Waals surface area contributed by atoms with Gasteiger partial charge < -0.3 is 9.32 Å². The van der Waals surface area contributed by atoms with Crippen molar-refractivity contribution in [2.75, 3.05) is 0 Å². The van der Waals surface area contributed by atoms with Crippen LogP contribution in [0.1, 0.15) is 16.7 Å². The smallest absolute Gasteiger partial charge is 0.256 e. The number of aryl methyl sites for hydroxylation is 1. The number of hydrogen-bond acceptors (Lipinski definition) is 3. The molecule has 0 fully saturated rings. The fraction of sp³-hybridized carbons (Fsp3) is 0.200. The first-order valence-electron chi connectivity index (χ1n) is 8.07. The molecule has 0 spiro atoms. The number of rotatable bonds is 5. The number of halogens is 2. The monoisotopic (exact) mass is 389 g/mol. The molecule has 4 nitrogen and oxygen atoms in total. The predicted molar refractivity (Wildman–Crippen MR) is 103 cm³/mol. The third kappa shape index (κ3) is 4.09. The van der Waals surface area contributed by atoms with Gasteiger partial charge in [0.25, 0.3) is 5.91 Å². The lowest BCUT2D eigenvalue weighted by Crippen LogP contribution is -2.35. The van der Waals surface area contributed by atoms with Gasteiger partial charge in [-0.15, -0.1) is 0 Å². The molecular weight excluding hydrogens is 373 g/mol. The maximum atomic E-state index is 12.8. The van der Waals surface area contributed by atoms with E-state index in [4.69, 9.17) is 27.6 Å². The predicted octanol–water partition coefficient (Wildman–Crippen LogP) is 4.43. The van der Waals surface area contributed by atoms with Crippen molar-refractivity contribution in [3.8, 4) is 0 Å². The fourth-order valence-corrected chi connectivity index (χ4v) is 3.03. The third-order valence-corrected chi connectivity index (χ3v) is 4.45. The Bertz CT molecular complexity index is 983. The highest BCUT2D eigenvalue weighted by Crippen LogP contribution is 2.17. The summed E-state index contributed by atoms with van der Waals surface area (Å²) in [6.07, 6.45) is 1.39. The van der Waals surface area contributed by atoms with E-state index >= 15 is 0 Å². The average Bonchev–Trinajstić information content (AvgIpc) is 2.64. The van der Waals surface area contributed by atoms with Crippen LogP contribution in [0.4, 0.5) is 0 Å². The van der Waals surface area contributed by atoms with Crippen LogP contribution in [-0.2, 0) is 17.9 Å². The quantitative estimate of drug-likeness (QED) is 0.606. The molecule has 0 N–H and O–H groups in total. The molecular formula is C20H17Cl2NO3. The SMILES string of the molecule is Cc1ccc2occ(CN(Cc3ccccc3)C(=O)C(Cl)Cl)c(=O)c2c1. The Morgan fingerprint density at radius 2 is 1.85 bits per heavy atom. The number of carbonyl (C=O) groups excluding carboxylic acids is 1. The van der Waals surface area contributed by atoms with E-state index in [-0.39, 0.29) is 12.0 Å². The summed E-state index contributed by atoms with van der Waals surface area (Å²) in [7, 11) is 0. The van der Waals surface area contributed by atoms with Gasteiger partial charge in [-0.25, -0.2) is 0 Å².